The van der Waals surface area contributed by atoms with E-state index in [1.54, 1.807) is 62.4 Å². The fourth-order valence-corrected chi connectivity index (χ4v) is 5.80. The van der Waals surface area contributed by atoms with Crippen LogP contribution in [0.2, 0.25) is 0 Å². The zero-order chi connectivity index (χ0) is 40.3. The monoisotopic (exact) mass is 756 g/mol. The normalized spacial score (nSPS) is 14.3. The van der Waals surface area contributed by atoms with Gasteiger partial charge in [-0.2, -0.15) is 0 Å². The third-order valence-corrected chi connectivity index (χ3v) is 9.09. The first kappa shape index (κ1) is 43.8. The minimum atomic E-state index is -1.18. The minimum absolute atomic E-state index is 0.0588. The summed E-state index contributed by atoms with van der Waals surface area (Å²) < 4.78 is 0. The fourth-order valence-electron chi connectivity index (χ4n) is 5.80. The van der Waals surface area contributed by atoms with Crippen LogP contribution < -0.4 is 43.8 Å². The van der Waals surface area contributed by atoms with E-state index in [4.69, 9.17) is 17.2 Å². The number of primary amides is 1. The standard InChI is InChI=1S/C41H56N8O6/c1-26(2)35(49-40(54)34(25-30-19-11-6-12-20-30)46-37(51)31(43)21-13-14-22-42)41(55)48-33(24-29-17-9-5-10-18-29)39(53)47-32(23-28-15-7-4-8-16-28)38(52)45-27(3)36(44)50/h4-12,15-20,26-27,31-35H,13-14,21-25,42-43H2,1-3H3,(H2,44,50)(H,45,52)(H,46,51)(H,47,53)(H,48,55)(H,49,54)/t27-,31-,32-,33-,34-,35-/m0/s1. The van der Waals surface area contributed by atoms with Gasteiger partial charge in [-0.25, -0.2) is 0 Å². The number of carbonyl (C=O) groups excluding carboxylic acids is 6. The Morgan fingerprint density at radius 3 is 1.31 bits per heavy atom. The van der Waals surface area contributed by atoms with Crippen LogP contribution >= 0.6 is 0 Å². The molecular weight excluding hydrogens is 701 g/mol. The molecule has 3 aromatic rings. The number of nitrogens with two attached hydrogens (primary N) is 3. The van der Waals surface area contributed by atoms with E-state index >= 15 is 0 Å². The lowest BCUT2D eigenvalue weighted by Crippen LogP contribution is -2.61. The highest BCUT2D eigenvalue weighted by Gasteiger charge is 2.34. The Morgan fingerprint density at radius 1 is 0.527 bits per heavy atom. The predicted octanol–water partition coefficient (Wildman–Crippen LogP) is 0.756. The molecule has 6 atom stereocenters. The first-order valence-electron chi connectivity index (χ1n) is 18.7. The van der Waals surface area contributed by atoms with Crippen molar-refractivity contribution in [2.75, 3.05) is 6.54 Å². The second-order valence-corrected chi connectivity index (χ2v) is 14.0. The van der Waals surface area contributed by atoms with E-state index in [1.807, 2.05) is 42.5 Å². The van der Waals surface area contributed by atoms with Crippen LogP contribution in [0, 0.1) is 5.92 Å². The summed E-state index contributed by atoms with van der Waals surface area (Å²) in [6.45, 7) is 5.40. The van der Waals surface area contributed by atoms with Crippen molar-refractivity contribution in [1.29, 1.82) is 0 Å². The van der Waals surface area contributed by atoms with Crippen LogP contribution in [0.15, 0.2) is 91.0 Å². The summed E-state index contributed by atoms with van der Waals surface area (Å²) in [5.74, 6) is -4.23. The minimum Gasteiger partial charge on any atom is -0.368 e. The zero-order valence-corrected chi connectivity index (χ0v) is 31.8. The van der Waals surface area contributed by atoms with E-state index in [2.05, 4.69) is 26.6 Å². The van der Waals surface area contributed by atoms with Crippen LogP contribution in [0.1, 0.15) is 56.7 Å². The van der Waals surface area contributed by atoms with E-state index < -0.39 is 77.6 Å². The molecule has 0 aromatic heterocycles. The number of rotatable bonds is 22. The lowest BCUT2D eigenvalue weighted by molar-refractivity contribution is -0.135. The number of nitrogens with one attached hydrogen (secondary N) is 5. The highest BCUT2D eigenvalue weighted by Crippen LogP contribution is 2.11. The van der Waals surface area contributed by atoms with Crippen LogP contribution in [0.5, 0.6) is 0 Å². The number of hydrogen-bond donors (Lipinski definition) is 8. The Balaban J connectivity index is 1.86. The molecule has 3 aromatic carbocycles. The van der Waals surface area contributed by atoms with Gasteiger partial charge in [0.05, 0.1) is 6.04 Å². The molecule has 0 heterocycles. The number of unbranched alkanes of at least 4 members (excludes halogenated alkanes) is 1. The Hall–Kier alpha value is -5.60. The van der Waals surface area contributed by atoms with Gasteiger partial charge in [0, 0.05) is 19.3 Å². The molecular formula is C41H56N8O6. The summed E-state index contributed by atoms with van der Waals surface area (Å²) >= 11 is 0. The Morgan fingerprint density at radius 2 is 0.909 bits per heavy atom. The molecule has 0 aliphatic rings. The van der Waals surface area contributed by atoms with E-state index in [-0.39, 0.29) is 19.3 Å². The van der Waals surface area contributed by atoms with Crippen molar-refractivity contribution in [3.05, 3.63) is 108 Å². The van der Waals surface area contributed by atoms with Gasteiger partial charge in [0.15, 0.2) is 0 Å². The van der Waals surface area contributed by atoms with Gasteiger partial charge >= 0.3 is 0 Å². The topological polar surface area (TPSA) is 241 Å². The number of hydrogen-bond acceptors (Lipinski definition) is 8. The molecule has 11 N–H and O–H groups in total. The lowest BCUT2D eigenvalue weighted by Gasteiger charge is -2.28. The Labute approximate surface area is 323 Å². The average Bonchev–Trinajstić information content (AvgIpc) is 3.16. The molecule has 0 saturated carbocycles. The molecule has 0 fully saturated rings. The van der Waals surface area contributed by atoms with Gasteiger partial charge in [0.2, 0.25) is 35.4 Å². The maximum absolute atomic E-state index is 14.1. The zero-order valence-electron chi connectivity index (χ0n) is 31.8. The first-order valence-corrected chi connectivity index (χ1v) is 18.7. The fraction of sp³-hybridized carbons (Fsp3) is 0.415. The number of benzene rings is 3. The Bertz CT molecular complexity index is 1690. The van der Waals surface area contributed by atoms with E-state index in [0.29, 0.717) is 25.8 Å². The summed E-state index contributed by atoms with van der Waals surface area (Å²) in [6, 6.07) is 20.8. The Kier molecular flexibility index (Phi) is 18.0. The molecule has 14 heteroatoms. The molecule has 6 amide bonds. The van der Waals surface area contributed by atoms with Gasteiger partial charge in [-0.05, 0) is 48.9 Å². The summed E-state index contributed by atoms with van der Waals surface area (Å²) in [7, 11) is 0. The van der Waals surface area contributed by atoms with Crippen molar-refractivity contribution >= 4 is 35.4 Å². The highest BCUT2D eigenvalue weighted by atomic mass is 16.2. The molecule has 0 spiro atoms. The van der Waals surface area contributed by atoms with Gasteiger partial charge in [-0.15, -0.1) is 0 Å². The average molecular weight is 757 g/mol. The highest BCUT2D eigenvalue weighted by molar-refractivity contribution is 5.97. The van der Waals surface area contributed by atoms with Gasteiger partial charge in [0.25, 0.3) is 0 Å². The van der Waals surface area contributed by atoms with Gasteiger partial charge in [-0.3, -0.25) is 28.8 Å². The molecule has 296 valence electrons. The third kappa shape index (κ3) is 15.0. The number of carbonyl (C=O) groups is 6. The van der Waals surface area contributed by atoms with Crippen molar-refractivity contribution in [3.8, 4) is 0 Å². The van der Waals surface area contributed by atoms with Crippen molar-refractivity contribution in [1.82, 2.24) is 26.6 Å². The van der Waals surface area contributed by atoms with E-state index in [1.165, 1.54) is 6.92 Å². The summed E-state index contributed by atoms with van der Waals surface area (Å²) in [5.41, 5.74) is 19.4. The SMILES string of the molecule is CC(C)[C@H](NC(=O)[C@H](Cc1ccccc1)NC(=O)[C@@H](N)CCCCN)C(=O)N[C@@H](Cc1ccccc1)C(=O)N[C@@H](Cc1ccccc1)C(=O)N[C@@H](C)C(N)=O. The molecule has 0 bridgehead atoms. The molecule has 3 rings (SSSR count). The third-order valence-electron chi connectivity index (χ3n) is 9.09. The quantitative estimate of drug-likeness (QED) is 0.0680. The van der Waals surface area contributed by atoms with E-state index in [0.717, 1.165) is 16.7 Å². The summed E-state index contributed by atoms with van der Waals surface area (Å²) in [5, 5.41) is 13.7. The van der Waals surface area contributed by atoms with Crippen LogP contribution in [-0.2, 0) is 48.0 Å². The molecule has 0 saturated heterocycles. The second-order valence-electron chi connectivity index (χ2n) is 14.0. The van der Waals surface area contributed by atoms with Crippen molar-refractivity contribution in [2.45, 2.75) is 95.5 Å². The molecule has 0 unspecified atom stereocenters. The largest absolute Gasteiger partial charge is 0.368 e. The maximum Gasteiger partial charge on any atom is 0.243 e. The first-order chi connectivity index (χ1) is 26.3. The van der Waals surface area contributed by atoms with Crippen molar-refractivity contribution in [3.63, 3.8) is 0 Å². The molecule has 0 aliphatic heterocycles. The van der Waals surface area contributed by atoms with E-state index in [9.17, 15) is 28.8 Å². The molecule has 14 nitrogen and oxygen atoms in total. The smallest absolute Gasteiger partial charge is 0.243 e. The van der Waals surface area contributed by atoms with Crippen LogP contribution in [0.25, 0.3) is 0 Å². The van der Waals surface area contributed by atoms with Crippen LogP contribution in [0.4, 0.5) is 0 Å². The summed E-state index contributed by atoms with van der Waals surface area (Å²) in [6.07, 6.45) is 2.03. The van der Waals surface area contributed by atoms with Crippen LogP contribution in [-0.4, -0.2) is 78.2 Å². The molecule has 55 heavy (non-hydrogen) atoms. The number of amides is 6. The lowest BCUT2D eigenvalue weighted by atomic mass is 9.99. The molecule has 0 aliphatic carbocycles. The summed E-state index contributed by atoms with van der Waals surface area (Å²) in [4.78, 5) is 80.3. The van der Waals surface area contributed by atoms with Gasteiger partial charge < -0.3 is 43.8 Å². The van der Waals surface area contributed by atoms with Gasteiger partial charge in [-0.1, -0.05) is 111 Å². The van der Waals surface area contributed by atoms with Gasteiger partial charge in [0.1, 0.15) is 30.2 Å². The van der Waals surface area contributed by atoms with Crippen molar-refractivity contribution < 1.29 is 28.8 Å². The second kappa shape index (κ2) is 22.6. The predicted molar refractivity (Wildman–Crippen MR) is 211 cm³/mol. The van der Waals surface area contributed by atoms with Crippen LogP contribution in [0.3, 0.4) is 0 Å². The molecule has 0 radical (unpaired) electrons. The van der Waals surface area contributed by atoms with Crippen molar-refractivity contribution in [2.24, 2.45) is 23.1 Å². The maximum atomic E-state index is 14.1.